The quantitative estimate of drug-likeness (QED) is 0.892. The molecule has 0 aliphatic carbocycles. The molecule has 0 bridgehead atoms. The van der Waals surface area contributed by atoms with Crippen molar-refractivity contribution in [3.05, 3.63) is 60.2 Å². The van der Waals surface area contributed by atoms with Crippen LogP contribution in [0.4, 0.5) is 0 Å². The summed E-state index contributed by atoms with van der Waals surface area (Å²) in [4.78, 5) is 0. The highest BCUT2D eigenvalue weighted by atomic mass is 16.5. The number of rotatable bonds is 2. The molecule has 2 nitrogen and oxygen atoms in total. The summed E-state index contributed by atoms with van der Waals surface area (Å²) < 4.78 is 5.40. The van der Waals surface area contributed by atoms with Crippen molar-refractivity contribution in [3.63, 3.8) is 0 Å². The minimum absolute atomic E-state index is 0.122. The van der Waals surface area contributed by atoms with E-state index in [2.05, 4.69) is 48.5 Å². The predicted molar refractivity (Wildman–Crippen MR) is 78.0 cm³/mol. The van der Waals surface area contributed by atoms with Crippen LogP contribution in [0.3, 0.4) is 0 Å². The highest BCUT2D eigenvalue weighted by Crippen LogP contribution is 2.28. The number of hydrogen-bond acceptors (Lipinski definition) is 2. The molecule has 98 valence electrons. The van der Waals surface area contributed by atoms with Gasteiger partial charge in [-0.2, -0.15) is 0 Å². The van der Waals surface area contributed by atoms with Gasteiger partial charge in [0.15, 0.2) is 0 Å². The summed E-state index contributed by atoms with van der Waals surface area (Å²) in [6.45, 7) is 1.49. The Morgan fingerprint density at radius 1 is 0.895 bits per heavy atom. The normalized spacial score (nSPS) is 23.2. The van der Waals surface area contributed by atoms with Crippen molar-refractivity contribution in [2.24, 2.45) is 5.73 Å². The standard InChI is InChI=1S/C17H19NO/c18-17-12-19-11-10-16(17)15-8-6-14(7-9-15)13-4-2-1-3-5-13/h1-9,16-17H,10-12,18H2/t16-,17+/m0/s1. The summed E-state index contributed by atoms with van der Waals surface area (Å²) in [6.07, 6.45) is 1.02. The summed E-state index contributed by atoms with van der Waals surface area (Å²) in [6, 6.07) is 19.4. The first-order valence-electron chi connectivity index (χ1n) is 6.83. The second kappa shape index (κ2) is 5.55. The van der Waals surface area contributed by atoms with E-state index in [-0.39, 0.29) is 6.04 Å². The molecule has 1 aliphatic rings. The van der Waals surface area contributed by atoms with Gasteiger partial charge >= 0.3 is 0 Å². The van der Waals surface area contributed by atoms with Gasteiger partial charge in [0, 0.05) is 18.6 Å². The van der Waals surface area contributed by atoms with Crippen LogP contribution in [-0.4, -0.2) is 19.3 Å². The lowest BCUT2D eigenvalue weighted by atomic mass is 9.87. The largest absolute Gasteiger partial charge is 0.380 e. The molecule has 1 aliphatic heterocycles. The van der Waals surface area contributed by atoms with Crippen molar-refractivity contribution in [3.8, 4) is 11.1 Å². The minimum atomic E-state index is 0.122. The van der Waals surface area contributed by atoms with Crippen molar-refractivity contribution >= 4 is 0 Å². The molecule has 19 heavy (non-hydrogen) atoms. The second-order valence-corrected chi connectivity index (χ2v) is 5.12. The molecule has 0 saturated carbocycles. The Morgan fingerprint density at radius 2 is 1.58 bits per heavy atom. The molecule has 0 aromatic heterocycles. The number of ether oxygens (including phenoxy) is 1. The van der Waals surface area contributed by atoms with Gasteiger partial charge in [-0.25, -0.2) is 0 Å². The first kappa shape index (κ1) is 12.4. The molecule has 1 heterocycles. The van der Waals surface area contributed by atoms with E-state index in [1.165, 1.54) is 16.7 Å². The third-order valence-corrected chi connectivity index (χ3v) is 3.85. The molecule has 2 aromatic rings. The molecule has 2 atom stereocenters. The van der Waals surface area contributed by atoms with E-state index >= 15 is 0 Å². The Bertz CT molecular complexity index is 521. The SMILES string of the molecule is N[C@@H]1COCC[C@H]1c1ccc(-c2ccccc2)cc1. The molecule has 0 unspecified atom stereocenters. The van der Waals surface area contributed by atoms with Gasteiger partial charge in [-0.3, -0.25) is 0 Å². The van der Waals surface area contributed by atoms with Crippen LogP contribution in [0.25, 0.3) is 11.1 Å². The second-order valence-electron chi connectivity index (χ2n) is 5.12. The highest BCUT2D eigenvalue weighted by Gasteiger charge is 2.23. The summed E-state index contributed by atoms with van der Waals surface area (Å²) >= 11 is 0. The van der Waals surface area contributed by atoms with Crippen LogP contribution in [0.5, 0.6) is 0 Å². The fraction of sp³-hybridized carbons (Fsp3) is 0.294. The minimum Gasteiger partial charge on any atom is -0.380 e. The zero-order chi connectivity index (χ0) is 13.1. The van der Waals surface area contributed by atoms with Crippen LogP contribution >= 0.6 is 0 Å². The fourth-order valence-corrected chi connectivity index (χ4v) is 2.73. The number of hydrogen-bond donors (Lipinski definition) is 1. The third kappa shape index (κ3) is 2.70. The van der Waals surface area contributed by atoms with Crippen LogP contribution < -0.4 is 5.73 Å². The van der Waals surface area contributed by atoms with E-state index in [0.29, 0.717) is 12.5 Å². The summed E-state index contributed by atoms with van der Waals surface area (Å²) in [5.74, 6) is 0.429. The first-order chi connectivity index (χ1) is 9.34. The van der Waals surface area contributed by atoms with Crippen molar-refractivity contribution in [1.82, 2.24) is 0 Å². The Labute approximate surface area is 114 Å². The molecule has 0 spiro atoms. The van der Waals surface area contributed by atoms with Crippen LogP contribution in [0.15, 0.2) is 54.6 Å². The monoisotopic (exact) mass is 253 g/mol. The van der Waals surface area contributed by atoms with Gasteiger partial charge in [0.05, 0.1) is 6.61 Å². The van der Waals surface area contributed by atoms with Gasteiger partial charge in [0.1, 0.15) is 0 Å². The molecular weight excluding hydrogens is 234 g/mol. The molecule has 2 aromatic carbocycles. The van der Waals surface area contributed by atoms with Gasteiger partial charge in [-0.15, -0.1) is 0 Å². The van der Waals surface area contributed by atoms with Crippen LogP contribution in [0.2, 0.25) is 0 Å². The molecule has 3 rings (SSSR count). The van der Waals surface area contributed by atoms with Crippen molar-refractivity contribution in [2.75, 3.05) is 13.2 Å². The van der Waals surface area contributed by atoms with Gasteiger partial charge in [0.2, 0.25) is 0 Å². The molecular formula is C17H19NO. The lowest BCUT2D eigenvalue weighted by Crippen LogP contribution is -2.37. The Morgan fingerprint density at radius 3 is 2.26 bits per heavy atom. The molecule has 2 N–H and O–H groups in total. The summed E-state index contributed by atoms with van der Waals surface area (Å²) in [5, 5.41) is 0. The Balaban J connectivity index is 1.83. The van der Waals surface area contributed by atoms with Crippen LogP contribution in [-0.2, 0) is 4.74 Å². The average Bonchev–Trinajstić information content (AvgIpc) is 2.49. The summed E-state index contributed by atoms with van der Waals surface area (Å²) in [5.41, 5.74) is 9.97. The Kier molecular flexibility index (Phi) is 3.62. The predicted octanol–water partition coefficient (Wildman–Crippen LogP) is 3.18. The molecule has 0 radical (unpaired) electrons. The molecule has 2 heteroatoms. The van der Waals surface area contributed by atoms with E-state index in [0.717, 1.165) is 13.0 Å². The fourth-order valence-electron chi connectivity index (χ4n) is 2.73. The maximum atomic E-state index is 6.14. The lowest BCUT2D eigenvalue weighted by molar-refractivity contribution is 0.0696. The smallest absolute Gasteiger partial charge is 0.0623 e. The molecule has 0 amide bonds. The van der Waals surface area contributed by atoms with E-state index in [1.807, 2.05) is 6.07 Å². The van der Waals surface area contributed by atoms with Crippen LogP contribution in [0, 0.1) is 0 Å². The zero-order valence-electron chi connectivity index (χ0n) is 11.0. The maximum Gasteiger partial charge on any atom is 0.0623 e. The number of nitrogens with two attached hydrogens (primary N) is 1. The zero-order valence-corrected chi connectivity index (χ0v) is 11.0. The van der Waals surface area contributed by atoms with Crippen molar-refractivity contribution in [2.45, 2.75) is 18.4 Å². The lowest BCUT2D eigenvalue weighted by Gasteiger charge is -2.29. The van der Waals surface area contributed by atoms with Gasteiger partial charge in [-0.05, 0) is 23.1 Å². The van der Waals surface area contributed by atoms with Crippen molar-refractivity contribution in [1.29, 1.82) is 0 Å². The van der Waals surface area contributed by atoms with E-state index in [1.54, 1.807) is 0 Å². The summed E-state index contributed by atoms with van der Waals surface area (Å²) in [7, 11) is 0. The van der Waals surface area contributed by atoms with E-state index < -0.39 is 0 Å². The van der Waals surface area contributed by atoms with Crippen molar-refractivity contribution < 1.29 is 4.74 Å². The number of benzene rings is 2. The average molecular weight is 253 g/mol. The molecule has 1 saturated heterocycles. The van der Waals surface area contributed by atoms with Gasteiger partial charge in [0.25, 0.3) is 0 Å². The maximum absolute atomic E-state index is 6.14. The van der Waals surface area contributed by atoms with Gasteiger partial charge in [-0.1, -0.05) is 54.6 Å². The van der Waals surface area contributed by atoms with E-state index in [4.69, 9.17) is 10.5 Å². The first-order valence-corrected chi connectivity index (χ1v) is 6.83. The molecule has 1 fully saturated rings. The third-order valence-electron chi connectivity index (χ3n) is 3.85. The van der Waals surface area contributed by atoms with Gasteiger partial charge < -0.3 is 10.5 Å². The van der Waals surface area contributed by atoms with E-state index in [9.17, 15) is 0 Å². The Hall–Kier alpha value is -1.64. The highest BCUT2D eigenvalue weighted by molar-refractivity contribution is 5.63. The topological polar surface area (TPSA) is 35.2 Å². The van der Waals surface area contributed by atoms with Crippen LogP contribution in [0.1, 0.15) is 17.9 Å².